The monoisotopic (exact) mass is 224 g/mol. The van der Waals surface area contributed by atoms with Crippen LogP contribution in [0.15, 0.2) is 0 Å². The Morgan fingerprint density at radius 3 is 2.56 bits per heavy atom. The summed E-state index contributed by atoms with van der Waals surface area (Å²) in [6, 6.07) is 0. The van der Waals surface area contributed by atoms with Gasteiger partial charge in [0.25, 0.3) is 0 Å². The minimum absolute atomic E-state index is 0.0362. The summed E-state index contributed by atoms with van der Waals surface area (Å²) in [5.74, 6) is 2.88. The normalized spacial score (nSPS) is 37.9. The lowest BCUT2D eigenvalue weighted by atomic mass is 9.45. The van der Waals surface area contributed by atoms with Crippen molar-refractivity contribution in [2.75, 3.05) is 0 Å². The van der Waals surface area contributed by atoms with Crippen molar-refractivity contribution in [3.05, 3.63) is 0 Å². The fourth-order valence-electron chi connectivity index (χ4n) is 4.19. The van der Waals surface area contributed by atoms with Crippen molar-refractivity contribution in [3.8, 4) is 0 Å². The summed E-state index contributed by atoms with van der Waals surface area (Å²) < 4.78 is 0. The molecule has 1 nitrogen and oxygen atoms in total. The molecule has 0 aromatic rings. The lowest BCUT2D eigenvalue weighted by molar-refractivity contribution is -0.109. The maximum Gasteiger partial charge on any atom is 0.0540 e. The van der Waals surface area contributed by atoms with Crippen molar-refractivity contribution >= 4 is 0 Å². The molecule has 1 N–H and O–H groups in total. The van der Waals surface area contributed by atoms with E-state index >= 15 is 0 Å². The van der Waals surface area contributed by atoms with Gasteiger partial charge >= 0.3 is 0 Å². The first kappa shape index (κ1) is 12.4. The standard InChI is InChI=1S/C15H28O/c1-4-5-13(16)9-7-11-6-8-12-10-14(11)15(12,2)3/h11-14,16H,4-10H2,1-3H3/t11-,12+,13-,14-/m1/s1. The van der Waals surface area contributed by atoms with Gasteiger partial charge in [-0.1, -0.05) is 27.2 Å². The van der Waals surface area contributed by atoms with E-state index in [2.05, 4.69) is 20.8 Å². The lowest BCUT2D eigenvalue weighted by Crippen LogP contribution is -2.52. The molecule has 94 valence electrons. The first-order valence-electron chi connectivity index (χ1n) is 7.23. The van der Waals surface area contributed by atoms with Crippen molar-refractivity contribution in [1.29, 1.82) is 0 Å². The molecular formula is C15H28O. The van der Waals surface area contributed by atoms with Gasteiger partial charge in [0, 0.05) is 0 Å². The molecule has 2 bridgehead atoms. The molecule has 0 amide bonds. The van der Waals surface area contributed by atoms with E-state index in [9.17, 15) is 5.11 Å². The summed E-state index contributed by atoms with van der Waals surface area (Å²) in [7, 11) is 0. The lowest BCUT2D eigenvalue weighted by Gasteiger charge is -2.60. The molecule has 0 aromatic carbocycles. The zero-order chi connectivity index (χ0) is 11.8. The second-order valence-electron chi connectivity index (χ2n) is 6.72. The summed E-state index contributed by atoms with van der Waals surface area (Å²) in [6.45, 7) is 7.07. The highest BCUT2D eigenvalue weighted by Gasteiger charge is 2.53. The fraction of sp³-hybridized carbons (Fsp3) is 1.00. The Hall–Kier alpha value is -0.0400. The topological polar surface area (TPSA) is 20.2 Å². The van der Waals surface area contributed by atoms with E-state index in [1.165, 1.54) is 25.7 Å². The highest BCUT2D eigenvalue weighted by atomic mass is 16.3. The minimum atomic E-state index is -0.0362. The van der Waals surface area contributed by atoms with Crippen LogP contribution < -0.4 is 0 Å². The average Bonchev–Trinajstić information content (AvgIpc) is 2.27. The smallest absolute Gasteiger partial charge is 0.0540 e. The molecule has 3 saturated carbocycles. The van der Waals surface area contributed by atoms with Crippen LogP contribution in [0.1, 0.15) is 65.7 Å². The molecule has 0 aliphatic heterocycles. The second kappa shape index (κ2) is 4.68. The molecule has 4 atom stereocenters. The van der Waals surface area contributed by atoms with E-state index in [0.29, 0.717) is 5.41 Å². The van der Waals surface area contributed by atoms with Crippen LogP contribution in [0.3, 0.4) is 0 Å². The van der Waals surface area contributed by atoms with Gasteiger partial charge in [0.1, 0.15) is 0 Å². The first-order chi connectivity index (χ1) is 7.55. The van der Waals surface area contributed by atoms with E-state index in [-0.39, 0.29) is 6.10 Å². The Bertz CT molecular complexity index is 232. The van der Waals surface area contributed by atoms with Crippen molar-refractivity contribution in [2.45, 2.75) is 71.8 Å². The molecule has 1 heteroatoms. The Kier molecular flexibility index (Phi) is 3.63. The molecule has 3 aliphatic rings. The summed E-state index contributed by atoms with van der Waals surface area (Å²) in [5, 5.41) is 9.81. The highest BCUT2D eigenvalue weighted by molar-refractivity contribution is 5.03. The number of aliphatic hydroxyl groups excluding tert-OH is 1. The van der Waals surface area contributed by atoms with Crippen LogP contribution in [0.2, 0.25) is 0 Å². The van der Waals surface area contributed by atoms with Gasteiger partial charge in [-0.15, -0.1) is 0 Å². The molecule has 0 unspecified atom stereocenters. The zero-order valence-corrected chi connectivity index (χ0v) is 11.2. The predicted octanol–water partition coefficient (Wildman–Crippen LogP) is 4.00. The number of fused-ring (bicyclic) bond motifs is 2. The molecule has 0 heterocycles. The van der Waals surface area contributed by atoms with Crippen LogP contribution in [0, 0.1) is 23.2 Å². The third-order valence-electron chi connectivity index (χ3n) is 5.49. The number of aliphatic hydroxyl groups is 1. The number of hydrogen-bond donors (Lipinski definition) is 1. The summed E-state index contributed by atoms with van der Waals surface area (Å²) >= 11 is 0. The van der Waals surface area contributed by atoms with Gasteiger partial charge < -0.3 is 5.11 Å². The van der Waals surface area contributed by atoms with Crippen LogP contribution in [0.25, 0.3) is 0 Å². The highest BCUT2D eigenvalue weighted by Crippen LogP contribution is 2.62. The van der Waals surface area contributed by atoms with Gasteiger partial charge in [0.2, 0.25) is 0 Å². The number of hydrogen-bond acceptors (Lipinski definition) is 1. The van der Waals surface area contributed by atoms with Crippen molar-refractivity contribution in [3.63, 3.8) is 0 Å². The minimum Gasteiger partial charge on any atom is -0.393 e. The zero-order valence-electron chi connectivity index (χ0n) is 11.2. The van der Waals surface area contributed by atoms with Crippen LogP contribution in [0.4, 0.5) is 0 Å². The molecule has 3 fully saturated rings. The van der Waals surface area contributed by atoms with E-state index in [1.54, 1.807) is 0 Å². The SMILES string of the molecule is CCC[C@@H](O)CC[C@H]1CC[C@H]2C[C@H]1C2(C)C. The molecule has 16 heavy (non-hydrogen) atoms. The third-order valence-corrected chi connectivity index (χ3v) is 5.49. The quantitative estimate of drug-likeness (QED) is 0.748. The molecule has 3 aliphatic carbocycles. The van der Waals surface area contributed by atoms with Gasteiger partial charge in [-0.25, -0.2) is 0 Å². The van der Waals surface area contributed by atoms with Crippen LogP contribution in [0.5, 0.6) is 0 Å². The van der Waals surface area contributed by atoms with Gasteiger partial charge in [-0.3, -0.25) is 0 Å². The molecular weight excluding hydrogens is 196 g/mol. The van der Waals surface area contributed by atoms with Crippen LogP contribution in [-0.2, 0) is 0 Å². The van der Waals surface area contributed by atoms with Gasteiger partial charge in [0.15, 0.2) is 0 Å². The summed E-state index contributed by atoms with van der Waals surface area (Å²) in [6.07, 6.45) is 8.71. The Balaban J connectivity index is 1.78. The van der Waals surface area contributed by atoms with Crippen molar-refractivity contribution in [1.82, 2.24) is 0 Å². The van der Waals surface area contributed by atoms with E-state index in [1.807, 2.05) is 0 Å². The van der Waals surface area contributed by atoms with Gasteiger partial charge in [-0.2, -0.15) is 0 Å². The maximum atomic E-state index is 9.81. The molecule has 3 rings (SSSR count). The summed E-state index contributed by atoms with van der Waals surface area (Å²) in [4.78, 5) is 0. The van der Waals surface area contributed by atoms with Crippen LogP contribution >= 0.6 is 0 Å². The van der Waals surface area contributed by atoms with Crippen LogP contribution in [-0.4, -0.2) is 11.2 Å². The second-order valence-corrected chi connectivity index (χ2v) is 6.72. The Labute approximate surface area is 101 Å². The summed E-state index contributed by atoms with van der Waals surface area (Å²) in [5.41, 5.74) is 0.610. The number of rotatable bonds is 5. The van der Waals surface area contributed by atoms with Crippen molar-refractivity contribution in [2.24, 2.45) is 23.2 Å². The predicted molar refractivity (Wildman–Crippen MR) is 68.3 cm³/mol. The third kappa shape index (κ3) is 2.16. The van der Waals surface area contributed by atoms with Crippen molar-refractivity contribution < 1.29 is 5.11 Å². The van der Waals surface area contributed by atoms with E-state index in [0.717, 1.165) is 37.0 Å². The first-order valence-corrected chi connectivity index (χ1v) is 7.23. The molecule has 0 saturated heterocycles. The van der Waals surface area contributed by atoms with E-state index in [4.69, 9.17) is 0 Å². The largest absolute Gasteiger partial charge is 0.393 e. The Morgan fingerprint density at radius 2 is 2.00 bits per heavy atom. The molecule has 0 aromatic heterocycles. The van der Waals surface area contributed by atoms with Gasteiger partial charge in [0.05, 0.1) is 6.10 Å². The average molecular weight is 224 g/mol. The van der Waals surface area contributed by atoms with E-state index < -0.39 is 0 Å². The Morgan fingerprint density at radius 1 is 1.25 bits per heavy atom. The molecule has 0 spiro atoms. The fourth-order valence-corrected chi connectivity index (χ4v) is 4.19. The van der Waals surface area contributed by atoms with Gasteiger partial charge in [-0.05, 0) is 61.7 Å². The molecule has 0 radical (unpaired) electrons. The maximum absolute atomic E-state index is 9.81.